The Bertz CT molecular complexity index is 466. The molecule has 1 saturated heterocycles. The first-order chi connectivity index (χ1) is 8.09. The van der Waals surface area contributed by atoms with Crippen LogP contribution in [0.2, 0.25) is 5.02 Å². The van der Waals surface area contributed by atoms with Gasteiger partial charge in [-0.15, -0.1) is 11.8 Å². The van der Waals surface area contributed by atoms with Crippen LogP contribution in [0.5, 0.6) is 0 Å². The second kappa shape index (κ2) is 4.98. The van der Waals surface area contributed by atoms with Crippen LogP contribution in [0.3, 0.4) is 0 Å². The highest BCUT2D eigenvalue weighted by Gasteiger charge is 2.34. The van der Waals surface area contributed by atoms with Gasteiger partial charge in [0.25, 0.3) is 0 Å². The van der Waals surface area contributed by atoms with E-state index in [0.29, 0.717) is 10.8 Å². The largest absolute Gasteiger partial charge is 0.480 e. The molecule has 17 heavy (non-hydrogen) atoms. The number of halogens is 1. The van der Waals surface area contributed by atoms with Crippen molar-refractivity contribution in [1.82, 2.24) is 4.90 Å². The van der Waals surface area contributed by atoms with E-state index in [-0.39, 0.29) is 17.8 Å². The lowest BCUT2D eigenvalue weighted by Crippen LogP contribution is -2.33. The monoisotopic (exact) mass is 271 g/mol. The normalized spacial score (nSPS) is 19.7. The summed E-state index contributed by atoms with van der Waals surface area (Å²) >= 11 is 7.45. The zero-order valence-electron chi connectivity index (χ0n) is 8.80. The van der Waals surface area contributed by atoms with E-state index in [1.54, 1.807) is 12.1 Å². The number of amides is 1. The lowest BCUT2D eigenvalue weighted by atomic mass is 10.2. The SMILES string of the molecule is O=C(O)CN1C(=O)CSC1c1ccccc1Cl. The van der Waals surface area contributed by atoms with Gasteiger partial charge < -0.3 is 10.0 Å². The maximum atomic E-state index is 11.6. The van der Waals surface area contributed by atoms with E-state index in [4.69, 9.17) is 16.7 Å². The third-order valence-corrected chi connectivity index (χ3v) is 4.03. The van der Waals surface area contributed by atoms with Crippen LogP contribution in [0.15, 0.2) is 24.3 Å². The van der Waals surface area contributed by atoms with Gasteiger partial charge in [-0.3, -0.25) is 9.59 Å². The molecule has 4 nitrogen and oxygen atoms in total. The van der Waals surface area contributed by atoms with Crippen LogP contribution in [-0.2, 0) is 9.59 Å². The maximum absolute atomic E-state index is 11.6. The number of benzene rings is 1. The standard InChI is InChI=1S/C11H10ClNO3S/c12-8-4-2-1-3-7(8)11-13(5-10(15)16)9(14)6-17-11/h1-4,11H,5-6H2,(H,15,16). The molecule has 1 unspecified atom stereocenters. The van der Waals surface area contributed by atoms with Crippen LogP contribution in [0.4, 0.5) is 0 Å². The average molecular weight is 272 g/mol. The van der Waals surface area contributed by atoms with Gasteiger partial charge in [-0.05, 0) is 6.07 Å². The number of aliphatic carboxylic acids is 1. The van der Waals surface area contributed by atoms with Gasteiger partial charge in [0.2, 0.25) is 5.91 Å². The molecule has 1 aromatic carbocycles. The summed E-state index contributed by atoms with van der Waals surface area (Å²) in [5.41, 5.74) is 0.784. The highest BCUT2D eigenvalue weighted by molar-refractivity contribution is 8.00. The molecular weight excluding hydrogens is 262 g/mol. The van der Waals surface area contributed by atoms with E-state index >= 15 is 0 Å². The summed E-state index contributed by atoms with van der Waals surface area (Å²) in [6.45, 7) is -0.290. The summed E-state index contributed by atoms with van der Waals surface area (Å²) in [6.07, 6.45) is 0. The predicted molar refractivity (Wildman–Crippen MR) is 66.0 cm³/mol. The minimum Gasteiger partial charge on any atom is -0.480 e. The molecule has 6 heteroatoms. The summed E-state index contributed by atoms with van der Waals surface area (Å²) in [5, 5.41) is 9.04. The molecule has 0 aliphatic carbocycles. The predicted octanol–water partition coefficient (Wildman–Crippen LogP) is 2.00. The number of carboxylic acid groups (broad SMARTS) is 1. The smallest absolute Gasteiger partial charge is 0.323 e. The maximum Gasteiger partial charge on any atom is 0.323 e. The van der Waals surface area contributed by atoms with E-state index in [1.165, 1.54) is 16.7 Å². The molecule has 1 aliphatic rings. The topological polar surface area (TPSA) is 57.6 Å². The molecule has 1 heterocycles. The zero-order valence-corrected chi connectivity index (χ0v) is 10.4. The Morgan fingerprint density at radius 2 is 2.24 bits per heavy atom. The van der Waals surface area contributed by atoms with Crippen molar-refractivity contribution >= 4 is 35.2 Å². The van der Waals surface area contributed by atoms with Crippen molar-refractivity contribution in [2.45, 2.75) is 5.37 Å². The van der Waals surface area contributed by atoms with Gasteiger partial charge in [0, 0.05) is 10.6 Å². The van der Waals surface area contributed by atoms with Crippen LogP contribution in [-0.4, -0.2) is 34.2 Å². The summed E-state index contributed by atoms with van der Waals surface area (Å²) in [6, 6.07) is 7.17. The van der Waals surface area contributed by atoms with Gasteiger partial charge in [0.15, 0.2) is 0 Å². The molecule has 1 aliphatic heterocycles. The molecule has 2 rings (SSSR count). The fraction of sp³-hybridized carbons (Fsp3) is 0.273. The number of hydrogen-bond donors (Lipinski definition) is 1. The lowest BCUT2D eigenvalue weighted by molar-refractivity contribution is -0.143. The molecule has 0 spiro atoms. The Labute approximate surface area is 108 Å². The van der Waals surface area contributed by atoms with E-state index in [9.17, 15) is 9.59 Å². The fourth-order valence-electron chi connectivity index (χ4n) is 1.70. The highest BCUT2D eigenvalue weighted by atomic mass is 35.5. The molecule has 0 radical (unpaired) electrons. The molecule has 1 atom stereocenters. The molecule has 1 aromatic rings. The van der Waals surface area contributed by atoms with Crippen molar-refractivity contribution in [2.75, 3.05) is 12.3 Å². The Balaban J connectivity index is 2.28. The molecule has 1 amide bonds. The van der Waals surface area contributed by atoms with E-state index < -0.39 is 5.97 Å². The number of carbonyl (C=O) groups excluding carboxylic acids is 1. The van der Waals surface area contributed by atoms with Gasteiger partial charge >= 0.3 is 5.97 Å². The number of thioether (sulfide) groups is 1. The Kier molecular flexibility index (Phi) is 3.59. The minimum absolute atomic E-state index is 0.165. The van der Waals surface area contributed by atoms with E-state index in [0.717, 1.165) is 5.56 Å². The summed E-state index contributed by atoms with van der Waals surface area (Å²) < 4.78 is 0. The molecular formula is C11H10ClNO3S. The Morgan fingerprint density at radius 3 is 2.88 bits per heavy atom. The number of nitrogens with zero attached hydrogens (tertiary/aromatic N) is 1. The van der Waals surface area contributed by atoms with Gasteiger partial charge in [-0.25, -0.2) is 0 Å². The molecule has 0 aromatic heterocycles. The third-order valence-electron chi connectivity index (χ3n) is 2.44. The molecule has 0 bridgehead atoms. The van der Waals surface area contributed by atoms with E-state index in [1.807, 2.05) is 12.1 Å². The minimum atomic E-state index is -1.02. The summed E-state index contributed by atoms with van der Waals surface area (Å²) in [5.74, 6) is -0.886. The van der Waals surface area contributed by atoms with Crippen molar-refractivity contribution in [2.24, 2.45) is 0 Å². The van der Waals surface area contributed by atoms with Crippen molar-refractivity contribution in [3.63, 3.8) is 0 Å². The van der Waals surface area contributed by atoms with Crippen LogP contribution < -0.4 is 0 Å². The number of rotatable bonds is 3. The number of carboxylic acids is 1. The molecule has 0 saturated carbocycles. The first kappa shape index (κ1) is 12.3. The van der Waals surface area contributed by atoms with Crippen molar-refractivity contribution in [3.05, 3.63) is 34.9 Å². The van der Waals surface area contributed by atoms with Gasteiger partial charge in [-0.1, -0.05) is 29.8 Å². The van der Waals surface area contributed by atoms with Gasteiger partial charge in [0.05, 0.1) is 5.75 Å². The zero-order chi connectivity index (χ0) is 12.4. The van der Waals surface area contributed by atoms with Crippen molar-refractivity contribution < 1.29 is 14.7 Å². The Hall–Kier alpha value is -1.20. The highest BCUT2D eigenvalue weighted by Crippen LogP contribution is 2.40. The lowest BCUT2D eigenvalue weighted by Gasteiger charge is -2.22. The van der Waals surface area contributed by atoms with Crippen LogP contribution in [0, 0.1) is 0 Å². The van der Waals surface area contributed by atoms with E-state index in [2.05, 4.69) is 0 Å². The van der Waals surface area contributed by atoms with Crippen LogP contribution in [0.1, 0.15) is 10.9 Å². The van der Waals surface area contributed by atoms with Gasteiger partial charge in [-0.2, -0.15) is 0 Å². The van der Waals surface area contributed by atoms with Crippen LogP contribution >= 0.6 is 23.4 Å². The van der Waals surface area contributed by atoms with Crippen LogP contribution in [0.25, 0.3) is 0 Å². The average Bonchev–Trinajstić information content (AvgIpc) is 2.61. The summed E-state index contributed by atoms with van der Waals surface area (Å²) in [7, 11) is 0. The van der Waals surface area contributed by atoms with Crippen molar-refractivity contribution in [1.29, 1.82) is 0 Å². The van der Waals surface area contributed by atoms with Gasteiger partial charge in [0.1, 0.15) is 11.9 Å². The first-order valence-electron chi connectivity index (χ1n) is 4.97. The number of carbonyl (C=O) groups is 2. The van der Waals surface area contributed by atoms with Crippen molar-refractivity contribution in [3.8, 4) is 0 Å². The quantitative estimate of drug-likeness (QED) is 0.914. The molecule has 1 fully saturated rings. The number of hydrogen-bond acceptors (Lipinski definition) is 3. The Morgan fingerprint density at radius 1 is 1.53 bits per heavy atom. The molecule has 1 N–H and O–H groups in total. The first-order valence-corrected chi connectivity index (χ1v) is 6.39. The molecule has 90 valence electrons. The summed E-state index contributed by atoms with van der Waals surface area (Å²) in [4.78, 5) is 23.7. The second-order valence-electron chi connectivity index (χ2n) is 3.60. The third kappa shape index (κ3) is 2.56. The second-order valence-corrected chi connectivity index (χ2v) is 5.08. The fourth-order valence-corrected chi connectivity index (χ4v) is 3.23.